The van der Waals surface area contributed by atoms with E-state index >= 15 is 0 Å². The summed E-state index contributed by atoms with van der Waals surface area (Å²) in [6, 6.07) is 26.4. The van der Waals surface area contributed by atoms with Crippen LogP contribution in [0, 0.1) is 20.8 Å². The van der Waals surface area contributed by atoms with Crippen LogP contribution in [0.5, 0.6) is 0 Å². The molecule has 160 valence electrons. The number of hydrogen-bond acceptors (Lipinski definition) is 2. The van der Waals surface area contributed by atoms with Crippen LogP contribution in [-0.4, -0.2) is 18.5 Å². The van der Waals surface area contributed by atoms with Crippen LogP contribution < -0.4 is 15.9 Å². The van der Waals surface area contributed by atoms with Gasteiger partial charge in [0.05, 0.1) is 0 Å². The molecule has 0 aliphatic heterocycles. The summed E-state index contributed by atoms with van der Waals surface area (Å²) in [6.07, 6.45) is 0. The van der Waals surface area contributed by atoms with Crippen molar-refractivity contribution in [2.45, 2.75) is 26.3 Å². The Morgan fingerprint density at radius 3 is 1.40 bits per heavy atom. The summed E-state index contributed by atoms with van der Waals surface area (Å²) in [4.78, 5) is 0. The van der Waals surface area contributed by atoms with Gasteiger partial charge in [-0.25, -0.2) is 0 Å². The van der Waals surface area contributed by atoms with E-state index in [9.17, 15) is 13.2 Å². The zero-order valence-electron chi connectivity index (χ0n) is 16.7. The third-order valence-corrected chi connectivity index (χ3v) is 7.55. The first kappa shape index (κ1) is 24.1. The van der Waals surface area contributed by atoms with Crippen molar-refractivity contribution in [1.29, 1.82) is 0 Å². The van der Waals surface area contributed by atoms with Gasteiger partial charge in [0, 0.05) is 0 Å². The van der Waals surface area contributed by atoms with Crippen molar-refractivity contribution in [2.24, 2.45) is 0 Å². The molecule has 3 rings (SSSR count). The van der Waals surface area contributed by atoms with Crippen molar-refractivity contribution < 1.29 is 26.1 Å². The van der Waals surface area contributed by atoms with Crippen molar-refractivity contribution in [3.63, 3.8) is 0 Å². The fourth-order valence-corrected chi connectivity index (χ4v) is 5.68. The molecule has 0 aliphatic carbocycles. The molecule has 3 aromatic rings. The normalized spacial score (nSPS) is 11.7. The lowest BCUT2D eigenvalue weighted by molar-refractivity contribution is -0.0510. The Morgan fingerprint density at radius 1 is 0.767 bits per heavy atom. The Kier molecular flexibility index (Phi) is 7.81. The lowest BCUT2D eigenvalue weighted by atomic mass is 10.1. The highest BCUT2D eigenvalue weighted by atomic mass is 32.2. The third kappa shape index (κ3) is 6.14. The summed E-state index contributed by atoms with van der Waals surface area (Å²) in [5, 5.41) is 4.33. The van der Waals surface area contributed by atoms with Crippen LogP contribution in [0.4, 0.5) is 13.2 Å². The molecule has 0 unspecified atom stereocenters. The van der Waals surface area contributed by atoms with Gasteiger partial charge in [0.15, 0.2) is 0 Å². The first-order valence-corrected chi connectivity index (χ1v) is 11.7. The zero-order chi connectivity index (χ0) is 22.5. The van der Waals surface area contributed by atoms with Gasteiger partial charge >= 0.3 is 15.6 Å². The van der Waals surface area contributed by atoms with E-state index in [1.54, 1.807) is 0 Å². The number of alkyl halides is 3. The Morgan fingerprint density at radius 2 is 1.10 bits per heavy atom. The first-order chi connectivity index (χ1) is 13.9. The maximum atomic E-state index is 10.7. The van der Waals surface area contributed by atoms with Gasteiger partial charge in [-0.1, -0.05) is 78.4 Å². The molecule has 30 heavy (non-hydrogen) atoms. The maximum absolute atomic E-state index is 10.7. The quantitative estimate of drug-likeness (QED) is 0.353. The van der Waals surface area contributed by atoms with E-state index in [0.29, 0.717) is 0 Å². The summed E-state index contributed by atoms with van der Waals surface area (Å²) >= 11 is 0. The Bertz CT molecular complexity index is 1020. The minimum Gasteiger partial charge on any atom is -0.279 e. The molecule has 8 heteroatoms. The number of halogens is 3. The van der Waals surface area contributed by atoms with E-state index in [4.69, 9.17) is 13.0 Å². The minimum absolute atomic E-state index is 0.500. The molecule has 1 N–H and O–H groups in total. The van der Waals surface area contributed by atoms with Crippen LogP contribution >= 0.6 is 7.92 Å². The summed E-state index contributed by atoms with van der Waals surface area (Å²) in [5.74, 6) is 0. The molecule has 0 bridgehead atoms. The third-order valence-electron chi connectivity index (χ3n) is 4.18. The Hall–Kier alpha value is -2.21. The van der Waals surface area contributed by atoms with Gasteiger partial charge in [-0.05, 0) is 55.7 Å². The molecule has 3 nitrogen and oxygen atoms in total. The average Bonchev–Trinajstić information content (AvgIpc) is 2.65. The number of hydrogen-bond donors (Lipinski definition) is 1. The van der Waals surface area contributed by atoms with Crippen molar-refractivity contribution >= 4 is 34.0 Å². The molecular formula is C22H22F3O3PS. The largest absolute Gasteiger partial charge is 0.522 e. The summed E-state index contributed by atoms with van der Waals surface area (Å²) < 4.78 is 57.5. The molecule has 0 aliphatic rings. The fraction of sp³-hybridized carbons (Fsp3) is 0.182. The van der Waals surface area contributed by atoms with E-state index in [1.807, 2.05) is 0 Å². The lowest BCUT2D eigenvalue weighted by Crippen LogP contribution is -2.24. The molecule has 0 radical (unpaired) electrons. The SMILES string of the molecule is Cc1cc(C)c(P(c2ccccc2)c2ccccc2)c(C)c1.O=S(=O)(O)C(F)(F)F. The number of rotatable bonds is 3. The van der Waals surface area contributed by atoms with E-state index in [2.05, 4.69) is 93.6 Å². The van der Waals surface area contributed by atoms with Crippen LogP contribution in [0.1, 0.15) is 16.7 Å². The van der Waals surface area contributed by atoms with Crippen molar-refractivity contribution in [2.75, 3.05) is 0 Å². The van der Waals surface area contributed by atoms with Gasteiger partial charge < -0.3 is 0 Å². The Labute approximate surface area is 176 Å². The lowest BCUT2D eigenvalue weighted by Gasteiger charge is -2.23. The van der Waals surface area contributed by atoms with Gasteiger partial charge in [0.2, 0.25) is 0 Å². The van der Waals surface area contributed by atoms with Crippen LogP contribution in [-0.2, 0) is 10.1 Å². The highest BCUT2D eigenvalue weighted by molar-refractivity contribution is 7.86. The van der Waals surface area contributed by atoms with Crippen LogP contribution in [0.3, 0.4) is 0 Å². The van der Waals surface area contributed by atoms with Gasteiger partial charge in [0.1, 0.15) is 0 Å². The second kappa shape index (κ2) is 9.73. The average molecular weight is 454 g/mol. The van der Waals surface area contributed by atoms with Gasteiger partial charge in [0.25, 0.3) is 0 Å². The van der Waals surface area contributed by atoms with Gasteiger partial charge in [-0.3, -0.25) is 4.55 Å². The topological polar surface area (TPSA) is 54.4 Å². The van der Waals surface area contributed by atoms with E-state index in [0.717, 1.165) is 0 Å². The smallest absolute Gasteiger partial charge is 0.279 e. The molecule has 0 heterocycles. The van der Waals surface area contributed by atoms with Crippen LogP contribution in [0.2, 0.25) is 0 Å². The maximum Gasteiger partial charge on any atom is 0.522 e. The van der Waals surface area contributed by atoms with E-state index in [-0.39, 0.29) is 0 Å². The molecule has 0 amide bonds. The predicted octanol–water partition coefficient (Wildman–Crippen LogP) is 4.76. The second-order valence-electron chi connectivity index (χ2n) is 6.67. The number of aryl methyl sites for hydroxylation is 3. The van der Waals surface area contributed by atoms with Crippen molar-refractivity contribution in [3.05, 3.63) is 89.5 Å². The van der Waals surface area contributed by atoms with Crippen LogP contribution in [0.15, 0.2) is 72.8 Å². The molecule has 0 saturated carbocycles. The monoisotopic (exact) mass is 454 g/mol. The van der Waals surface area contributed by atoms with E-state index in [1.165, 1.54) is 32.6 Å². The van der Waals surface area contributed by atoms with Crippen molar-refractivity contribution in [3.8, 4) is 0 Å². The standard InChI is InChI=1S/C21H21P.CHF3O3S/c1-16-14-17(2)21(18(3)15-16)22(19-10-6-4-7-11-19)20-12-8-5-9-13-20;2-1(3,4)8(5,6)7/h4-15H,1-3H3;(H,5,6,7). The van der Waals surface area contributed by atoms with Gasteiger partial charge in [-0.2, -0.15) is 21.6 Å². The predicted molar refractivity (Wildman–Crippen MR) is 117 cm³/mol. The summed E-state index contributed by atoms with van der Waals surface area (Å²) in [5.41, 5.74) is -1.39. The van der Waals surface area contributed by atoms with Gasteiger partial charge in [-0.15, -0.1) is 0 Å². The molecule has 0 spiro atoms. The zero-order valence-corrected chi connectivity index (χ0v) is 18.4. The van der Waals surface area contributed by atoms with Crippen molar-refractivity contribution in [1.82, 2.24) is 0 Å². The fourth-order valence-electron chi connectivity index (χ4n) is 3.09. The molecule has 3 aromatic carbocycles. The first-order valence-electron chi connectivity index (χ1n) is 8.93. The van der Waals surface area contributed by atoms with Crippen LogP contribution in [0.25, 0.3) is 0 Å². The summed E-state index contributed by atoms with van der Waals surface area (Å²) in [6.45, 7) is 6.67. The molecule has 0 atom stereocenters. The molecule has 0 aromatic heterocycles. The number of benzene rings is 3. The molecular weight excluding hydrogens is 432 g/mol. The summed E-state index contributed by atoms with van der Waals surface area (Å²) in [7, 11) is -6.34. The highest BCUT2D eigenvalue weighted by Crippen LogP contribution is 2.35. The van der Waals surface area contributed by atoms with E-state index < -0.39 is 23.5 Å². The Balaban J connectivity index is 0.000000343. The minimum atomic E-state index is -5.84. The second-order valence-corrected chi connectivity index (χ2v) is 10.2. The molecule has 0 saturated heterocycles. The highest BCUT2D eigenvalue weighted by Gasteiger charge is 2.44. The molecule has 0 fully saturated rings.